The second-order valence-corrected chi connectivity index (χ2v) is 8.66. The van der Waals surface area contributed by atoms with Gasteiger partial charge in [-0.3, -0.25) is 0 Å². The van der Waals surface area contributed by atoms with Gasteiger partial charge in [0.25, 0.3) is 0 Å². The van der Waals surface area contributed by atoms with Crippen LogP contribution in [0.5, 0.6) is 0 Å². The molecule has 0 saturated heterocycles. The average molecular weight is 434 g/mol. The maximum absolute atomic E-state index is 7.85. The second kappa shape index (κ2) is 7.31. The highest BCUT2D eigenvalue weighted by Crippen LogP contribution is 2.38. The molecule has 0 bridgehead atoms. The van der Waals surface area contributed by atoms with Crippen molar-refractivity contribution >= 4 is 32.6 Å². The van der Waals surface area contributed by atoms with Gasteiger partial charge in [0.2, 0.25) is 5.69 Å². The number of para-hydroxylation sites is 1. The number of aryl methyl sites for hydroxylation is 4. The monoisotopic (exact) mass is 433 g/mol. The third-order valence-electron chi connectivity index (χ3n) is 6.52. The summed E-state index contributed by atoms with van der Waals surface area (Å²) in [5.74, 6) is 0. The summed E-state index contributed by atoms with van der Waals surface area (Å²) in [4.78, 5) is 0. The SMILES string of the molecule is [2H]C([2H])([2H])c1ccc(-c2cc3c(c[n+]2C)c2c4ccc(C([2H])([2H])[2H])cc4ccc2n3-c2ccccc2)c(C)c1. The Hall–Kier alpha value is -3.91. The van der Waals surface area contributed by atoms with Crippen LogP contribution in [-0.4, -0.2) is 4.57 Å². The van der Waals surface area contributed by atoms with Gasteiger partial charge in [-0.1, -0.05) is 65.7 Å². The molecule has 33 heavy (non-hydrogen) atoms. The Bertz CT molecular complexity index is 1900. The predicted octanol–water partition coefficient (Wildman–Crippen LogP) is 7.35. The van der Waals surface area contributed by atoms with Gasteiger partial charge < -0.3 is 4.57 Å². The molecule has 0 amide bonds. The molecule has 0 radical (unpaired) electrons. The van der Waals surface area contributed by atoms with Gasteiger partial charge in [0.05, 0.1) is 16.4 Å². The third kappa shape index (κ3) is 3.06. The number of fused-ring (bicyclic) bond motifs is 5. The highest BCUT2D eigenvalue weighted by molar-refractivity contribution is 6.21. The van der Waals surface area contributed by atoms with Crippen molar-refractivity contribution in [1.29, 1.82) is 0 Å². The first-order valence-electron chi connectivity index (χ1n) is 14.0. The smallest absolute Gasteiger partial charge is 0.214 e. The van der Waals surface area contributed by atoms with Crippen molar-refractivity contribution in [3.05, 3.63) is 108 Å². The number of aromatic nitrogens is 2. The van der Waals surface area contributed by atoms with Crippen molar-refractivity contribution in [2.75, 3.05) is 0 Å². The molecule has 0 aliphatic heterocycles. The molecule has 4 aromatic carbocycles. The fraction of sp³-hybridized carbons (Fsp3) is 0.129. The first-order chi connectivity index (χ1) is 18.4. The van der Waals surface area contributed by atoms with E-state index in [-0.39, 0.29) is 0 Å². The van der Waals surface area contributed by atoms with Crippen LogP contribution < -0.4 is 4.57 Å². The lowest BCUT2D eigenvalue weighted by Gasteiger charge is -2.09. The van der Waals surface area contributed by atoms with Crippen LogP contribution in [0.25, 0.3) is 49.5 Å². The fourth-order valence-corrected chi connectivity index (χ4v) is 5.01. The minimum Gasteiger partial charge on any atom is -0.309 e. The Labute approximate surface area is 202 Å². The molecular weight excluding hydrogens is 400 g/mol. The molecule has 0 spiro atoms. The summed E-state index contributed by atoms with van der Waals surface area (Å²) in [6.45, 7) is -2.39. The van der Waals surface area contributed by atoms with Crippen molar-refractivity contribution in [2.24, 2.45) is 7.05 Å². The van der Waals surface area contributed by atoms with E-state index in [0.29, 0.717) is 11.1 Å². The van der Waals surface area contributed by atoms with Gasteiger partial charge in [0.1, 0.15) is 7.05 Å². The van der Waals surface area contributed by atoms with Crippen molar-refractivity contribution in [2.45, 2.75) is 20.6 Å². The molecule has 0 N–H and O–H groups in total. The Morgan fingerprint density at radius 1 is 0.758 bits per heavy atom. The molecule has 2 heteroatoms. The zero-order chi connectivity index (χ0) is 27.7. The minimum atomic E-state index is -2.17. The van der Waals surface area contributed by atoms with E-state index in [9.17, 15) is 0 Å². The Balaban J connectivity index is 1.69. The van der Waals surface area contributed by atoms with Gasteiger partial charge in [0.15, 0.2) is 6.20 Å². The lowest BCUT2D eigenvalue weighted by molar-refractivity contribution is -0.659. The quantitative estimate of drug-likeness (QED) is 0.252. The molecule has 0 fully saturated rings. The lowest BCUT2D eigenvalue weighted by atomic mass is 10.0. The van der Waals surface area contributed by atoms with Gasteiger partial charge in [0, 0.05) is 30.9 Å². The number of benzene rings is 4. The van der Waals surface area contributed by atoms with E-state index in [1.165, 1.54) is 0 Å². The van der Waals surface area contributed by atoms with E-state index < -0.39 is 13.7 Å². The maximum atomic E-state index is 7.85. The van der Waals surface area contributed by atoms with Crippen LogP contribution in [0.1, 0.15) is 24.9 Å². The van der Waals surface area contributed by atoms with Gasteiger partial charge >= 0.3 is 0 Å². The predicted molar refractivity (Wildman–Crippen MR) is 139 cm³/mol. The number of hydrogen-bond donors (Lipinski definition) is 0. The standard InChI is InChI=1S/C31H27N2/c1-20-10-13-25(22(3)16-20)29-18-30-27(19-32(29)4)31-26-14-11-21(2)17-23(26)12-15-28(31)33(30)24-8-6-5-7-9-24/h5-19H,1-4H3/q+1/i1D3,2D3. The largest absolute Gasteiger partial charge is 0.309 e. The van der Waals surface area contributed by atoms with Gasteiger partial charge in [-0.2, -0.15) is 0 Å². The topological polar surface area (TPSA) is 8.81 Å². The number of pyridine rings is 1. The highest BCUT2D eigenvalue weighted by Gasteiger charge is 2.21. The molecule has 6 rings (SSSR count). The Morgan fingerprint density at radius 2 is 1.55 bits per heavy atom. The van der Waals surface area contributed by atoms with E-state index >= 15 is 0 Å². The normalized spacial score (nSPS) is 15.1. The molecule has 0 atom stereocenters. The molecule has 6 aromatic rings. The summed E-state index contributed by atoms with van der Waals surface area (Å²) >= 11 is 0. The number of hydrogen-bond acceptors (Lipinski definition) is 0. The van der Waals surface area contributed by atoms with E-state index in [2.05, 4.69) is 39.6 Å². The third-order valence-corrected chi connectivity index (χ3v) is 6.52. The van der Waals surface area contributed by atoms with Gasteiger partial charge in [-0.25, -0.2) is 4.57 Å². The van der Waals surface area contributed by atoms with Crippen molar-refractivity contribution < 1.29 is 12.8 Å². The van der Waals surface area contributed by atoms with E-state index in [1.54, 1.807) is 24.3 Å². The fourth-order valence-electron chi connectivity index (χ4n) is 5.01. The molecule has 2 nitrogen and oxygen atoms in total. The first-order valence-corrected chi connectivity index (χ1v) is 11.0. The van der Waals surface area contributed by atoms with Crippen LogP contribution in [0.3, 0.4) is 0 Å². The van der Waals surface area contributed by atoms with Crippen LogP contribution >= 0.6 is 0 Å². The van der Waals surface area contributed by atoms with Crippen LogP contribution in [0.4, 0.5) is 0 Å². The summed E-state index contributed by atoms with van der Waals surface area (Å²) < 4.78 is 51.2. The molecule has 0 unspecified atom stereocenters. The molecular formula is C31H27N2+. The molecule has 0 aliphatic carbocycles. The molecule has 160 valence electrons. The lowest BCUT2D eigenvalue weighted by Crippen LogP contribution is -2.30. The van der Waals surface area contributed by atoms with E-state index in [4.69, 9.17) is 8.22 Å². The molecule has 0 aliphatic rings. The number of nitrogens with zero attached hydrogens (tertiary/aromatic N) is 2. The second-order valence-electron chi connectivity index (χ2n) is 8.66. The van der Waals surface area contributed by atoms with Crippen LogP contribution in [0.15, 0.2) is 91.1 Å². The summed E-state index contributed by atoms with van der Waals surface area (Å²) in [7, 11) is 2.00. The minimum absolute atomic E-state index is 0.324. The summed E-state index contributed by atoms with van der Waals surface area (Å²) in [5, 5.41) is 3.97. The molecule has 0 saturated carbocycles. The van der Waals surface area contributed by atoms with Crippen molar-refractivity contribution in [3.8, 4) is 16.9 Å². The van der Waals surface area contributed by atoms with Crippen molar-refractivity contribution in [3.63, 3.8) is 0 Å². The van der Waals surface area contributed by atoms with Crippen molar-refractivity contribution in [1.82, 2.24) is 4.57 Å². The highest BCUT2D eigenvalue weighted by atomic mass is 15.0. The average Bonchev–Trinajstić information content (AvgIpc) is 3.21. The molecule has 2 aromatic heterocycles. The zero-order valence-corrected chi connectivity index (χ0v) is 18.6. The van der Waals surface area contributed by atoms with Crippen LogP contribution in [0, 0.1) is 20.6 Å². The van der Waals surface area contributed by atoms with Gasteiger partial charge in [-0.05, 0) is 61.2 Å². The van der Waals surface area contributed by atoms with Crippen LogP contribution in [0.2, 0.25) is 0 Å². The summed E-state index contributed by atoms with van der Waals surface area (Å²) in [5.41, 5.74) is 6.52. The maximum Gasteiger partial charge on any atom is 0.214 e. The zero-order valence-electron chi connectivity index (χ0n) is 24.6. The van der Waals surface area contributed by atoms with E-state index in [0.717, 1.165) is 55.1 Å². The Morgan fingerprint density at radius 3 is 2.33 bits per heavy atom. The Kier molecular flexibility index (Phi) is 3.17. The summed E-state index contributed by atoms with van der Waals surface area (Å²) in [6, 6.07) is 27.1. The van der Waals surface area contributed by atoms with Crippen LogP contribution in [-0.2, 0) is 7.05 Å². The van der Waals surface area contributed by atoms with E-state index in [1.807, 2.05) is 50.4 Å². The van der Waals surface area contributed by atoms with Gasteiger partial charge in [-0.15, -0.1) is 0 Å². The first kappa shape index (κ1) is 14.3. The molecule has 2 heterocycles. The summed E-state index contributed by atoms with van der Waals surface area (Å²) in [6.07, 6.45) is 2.11. The number of rotatable bonds is 2.